The number of alkyl halides is 2. The van der Waals surface area contributed by atoms with Gasteiger partial charge in [-0.3, -0.25) is 0 Å². The Labute approximate surface area is 99.5 Å². The van der Waals surface area contributed by atoms with E-state index in [-0.39, 0.29) is 0 Å². The molecular weight excluding hydrogens is 283 g/mol. The summed E-state index contributed by atoms with van der Waals surface area (Å²) in [5.74, 6) is 2.01. The van der Waals surface area contributed by atoms with Crippen LogP contribution in [0.5, 0.6) is 0 Å². The monoisotopic (exact) mass is 307 g/mol. The van der Waals surface area contributed by atoms with Crippen LogP contribution in [0.3, 0.4) is 0 Å². The third-order valence-corrected chi connectivity index (χ3v) is 9.95. The van der Waals surface area contributed by atoms with E-state index in [1.54, 1.807) is 0 Å². The summed E-state index contributed by atoms with van der Waals surface area (Å²) >= 11 is 0.355. The van der Waals surface area contributed by atoms with Crippen LogP contribution in [0.2, 0.25) is 0 Å². The molecule has 14 heavy (non-hydrogen) atoms. The average molecular weight is 307 g/mol. The second kappa shape index (κ2) is 2.89. The van der Waals surface area contributed by atoms with Gasteiger partial charge in [0.05, 0.1) is 0 Å². The van der Waals surface area contributed by atoms with Crippen molar-refractivity contribution in [1.29, 1.82) is 0 Å². The zero-order chi connectivity index (χ0) is 10.8. The molecule has 0 aromatic heterocycles. The van der Waals surface area contributed by atoms with Crippen molar-refractivity contribution in [1.82, 2.24) is 0 Å². The topological polar surface area (TPSA) is 0 Å². The van der Waals surface area contributed by atoms with Crippen LogP contribution in [-0.4, -0.2) is 8.35 Å². The van der Waals surface area contributed by atoms with Crippen LogP contribution in [0.4, 0.5) is 0 Å². The first-order chi connectivity index (χ1) is 6.25. The molecule has 0 heterocycles. The van der Waals surface area contributed by atoms with Gasteiger partial charge in [-0.15, -0.1) is 0 Å². The van der Waals surface area contributed by atoms with Crippen LogP contribution < -0.4 is 21.2 Å². The second-order valence-corrected chi connectivity index (χ2v) is 9.98. The summed E-state index contributed by atoms with van der Waals surface area (Å²) in [5.41, 5.74) is 1.25. The molecule has 0 aromatic rings. The van der Waals surface area contributed by atoms with E-state index >= 15 is 0 Å². The van der Waals surface area contributed by atoms with E-state index in [1.165, 1.54) is 12.8 Å². The van der Waals surface area contributed by atoms with Crippen molar-refractivity contribution in [3.63, 3.8) is 0 Å². The average Bonchev–Trinajstić information content (AvgIpc) is 2.47. The van der Waals surface area contributed by atoms with Crippen molar-refractivity contribution in [3.8, 4) is 0 Å². The predicted octanol–water partition coefficient (Wildman–Crippen LogP) is 0.556. The number of rotatable bonds is 1. The van der Waals surface area contributed by atoms with Gasteiger partial charge < -0.3 is 0 Å². The van der Waals surface area contributed by atoms with Crippen molar-refractivity contribution in [2.24, 2.45) is 22.7 Å². The van der Waals surface area contributed by atoms with Gasteiger partial charge in [-0.05, 0) is 0 Å². The molecule has 3 atom stereocenters. The summed E-state index contributed by atoms with van der Waals surface area (Å²) in [5, 5.41) is 0. The molecule has 2 saturated carbocycles. The van der Waals surface area contributed by atoms with Crippen molar-refractivity contribution in [2.75, 3.05) is 4.93 Å². The Morgan fingerprint density at radius 3 is 2.00 bits per heavy atom. The van der Waals surface area contributed by atoms with E-state index in [9.17, 15) is 0 Å². The number of fused-ring (bicyclic) bond motifs is 2. The fourth-order valence-corrected chi connectivity index (χ4v) is 7.87. The zero-order valence-corrected chi connectivity index (χ0v) is 12.6. The Hall–Kier alpha value is 0.730. The van der Waals surface area contributed by atoms with E-state index in [0.29, 0.717) is 35.5 Å². The van der Waals surface area contributed by atoms with Gasteiger partial charge in [-0.25, -0.2) is 0 Å². The molecule has 0 nitrogen and oxygen atoms in total. The van der Waals surface area contributed by atoms with Crippen LogP contribution >= 0.6 is 0 Å². The summed E-state index contributed by atoms with van der Waals surface area (Å²) in [7, 11) is 0. The first-order valence-corrected chi connectivity index (χ1v) is 9.00. The quantitative estimate of drug-likeness (QED) is 0.490. The Kier molecular flexibility index (Phi) is 2.32. The minimum absolute atomic E-state index is 0.355. The van der Waals surface area contributed by atoms with E-state index in [4.69, 9.17) is 0 Å². The van der Waals surface area contributed by atoms with Gasteiger partial charge in [0.15, 0.2) is 0 Å². The maximum absolute atomic E-state index is 2.59. The molecule has 2 bridgehead atoms. The Balaban J connectivity index is 2.42. The molecule has 3 unspecified atom stereocenters. The van der Waals surface area contributed by atoms with Crippen molar-refractivity contribution < 1.29 is 21.2 Å². The minimum atomic E-state index is 0.355. The summed E-state index contributed by atoms with van der Waals surface area (Å²) in [6, 6.07) is 0. The molecule has 2 fully saturated rings. The van der Waals surface area contributed by atoms with Gasteiger partial charge in [0.1, 0.15) is 0 Å². The SMILES string of the molecule is C[I-]C1(C)C2CC(CC2(C)C)C1(C)C. The first-order valence-electron chi connectivity index (χ1n) is 5.76. The Morgan fingerprint density at radius 1 is 1.07 bits per heavy atom. The van der Waals surface area contributed by atoms with Gasteiger partial charge in [-0.2, -0.15) is 0 Å². The normalized spacial score (nSPS) is 48.7. The van der Waals surface area contributed by atoms with Gasteiger partial charge >= 0.3 is 99.7 Å². The van der Waals surface area contributed by atoms with Crippen molar-refractivity contribution in [3.05, 3.63) is 0 Å². The fourth-order valence-electron chi connectivity index (χ4n) is 4.19. The summed E-state index contributed by atoms with van der Waals surface area (Å²) in [4.78, 5) is 2.50. The Bertz CT molecular complexity index is 254. The molecule has 0 saturated heterocycles. The van der Waals surface area contributed by atoms with Crippen LogP contribution in [-0.2, 0) is 0 Å². The molecule has 1 heteroatoms. The molecule has 84 valence electrons. The third-order valence-electron chi connectivity index (χ3n) is 5.56. The Morgan fingerprint density at radius 2 is 1.64 bits per heavy atom. The zero-order valence-electron chi connectivity index (χ0n) is 10.4. The van der Waals surface area contributed by atoms with Crippen LogP contribution in [0.1, 0.15) is 47.5 Å². The summed E-state index contributed by atoms with van der Waals surface area (Å²) in [6.45, 7) is 12.7. The third kappa shape index (κ3) is 1.11. The fraction of sp³-hybridized carbons (Fsp3) is 1.00. The van der Waals surface area contributed by atoms with Gasteiger partial charge in [0, 0.05) is 0 Å². The standard InChI is InChI=1S/C13H24I/c1-11(2)8-9-7-10(11)13(5,14-6)12(9,3)4/h9-10H,7-8H2,1-6H3/q-1. The molecule has 0 N–H and O–H groups in total. The number of hydrogen-bond acceptors (Lipinski definition) is 0. The summed E-state index contributed by atoms with van der Waals surface area (Å²) < 4.78 is 0.693. The molecule has 2 aliphatic carbocycles. The van der Waals surface area contributed by atoms with Gasteiger partial charge in [0.25, 0.3) is 0 Å². The van der Waals surface area contributed by atoms with Gasteiger partial charge in [-0.1, -0.05) is 0 Å². The molecule has 0 aromatic carbocycles. The van der Waals surface area contributed by atoms with Crippen molar-refractivity contribution >= 4 is 0 Å². The number of halogens is 1. The molecular formula is C13H24I-. The molecule has 0 amide bonds. The van der Waals surface area contributed by atoms with E-state index in [1.807, 2.05) is 0 Å². The van der Waals surface area contributed by atoms with Crippen molar-refractivity contribution in [2.45, 2.75) is 50.9 Å². The molecule has 2 aliphatic rings. The first kappa shape index (κ1) is 11.2. The van der Waals surface area contributed by atoms with E-state index in [0.717, 1.165) is 11.8 Å². The summed E-state index contributed by atoms with van der Waals surface area (Å²) in [6.07, 6.45) is 2.99. The number of hydrogen-bond donors (Lipinski definition) is 0. The van der Waals surface area contributed by atoms with Crippen LogP contribution in [0.15, 0.2) is 0 Å². The van der Waals surface area contributed by atoms with Crippen LogP contribution in [0, 0.1) is 22.7 Å². The van der Waals surface area contributed by atoms with Crippen LogP contribution in [0.25, 0.3) is 0 Å². The second-order valence-electron chi connectivity index (χ2n) is 6.66. The van der Waals surface area contributed by atoms with E-state index in [2.05, 4.69) is 39.5 Å². The molecule has 0 radical (unpaired) electrons. The predicted molar refractivity (Wildman–Crippen MR) is 58.1 cm³/mol. The molecule has 0 spiro atoms. The van der Waals surface area contributed by atoms with Gasteiger partial charge in [0.2, 0.25) is 0 Å². The van der Waals surface area contributed by atoms with E-state index < -0.39 is 0 Å². The maximum atomic E-state index is 2.59. The molecule has 0 aliphatic heterocycles. The molecule has 2 rings (SSSR count).